The van der Waals surface area contributed by atoms with Crippen LogP contribution in [0.3, 0.4) is 0 Å². The van der Waals surface area contributed by atoms with E-state index in [1.54, 1.807) is 36.4 Å². The van der Waals surface area contributed by atoms with Crippen molar-refractivity contribution in [3.8, 4) is 16.9 Å². The SMILES string of the molecule is [B]C(c1nc2ccccc2[nH]1)(c1cc(F)ccc1O)n1ccc2cc(-c3ccc(C4CCN(C)CC4)cc3)cc(F)c2c1=O. The average molecular weight is 586 g/mol. The van der Waals surface area contributed by atoms with E-state index in [4.69, 9.17) is 7.85 Å². The van der Waals surface area contributed by atoms with Crippen molar-refractivity contribution < 1.29 is 13.9 Å². The predicted molar refractivity (Wildman–Crippen MR) is 169 cm³/mol. The number of para-hydroxylation sites is 2. The number of piperidine rings is 1. The molecule has 7 rings (SSSR count). The maximum Gasteiger partial charge on any atom is 0.261 e. The number of rotatable bonds is 5. The van der Waals surface area contributed by atoms with Crippen LogP contribution >= 0.6 is 0 Å². The van der Waals surface area contributed by atoms with Crippen molar-refractivity contribution in [2.45, 2.75) is 24.2 Å². The second-order valence-electron chi connectivity index (χ2n) is 11.6. The molecule has 0 spiro atoms. The van der Waals surface area contributed by atoms with Gasteiger partial charge < -0.3 is 19.6 Å². The number of pyridine rings is 1. The Hall–Kier alpha value is -4.76. The molecule has 1 unspecified atom stereocenters. The van der Waals surface area contributed by atoms with Crippen molar-refractivity contribution >= 4 is 29.7 Å². The molecule has 2 N–H and O–H groups in total. The van der Waals surface area contributed by atoms with Crippen LogP contribution in [0.1, 0.15) is 35.7 Å². The molecule has 218 valence electrons. The molecule has 0 amide bonds. The van der Waals surface area contributed by atoms with E-state index < -0.39 is 22.6 Å². The Bertz CT molecular complexity index is 2050. The molecule has 44 heavy (non-hydrogen) atoms. The third-order valence-electron chi connectivity index (χ3n) is 8.89. The van der Waals surface area contributed by atoms with Crippen LogP contribution < -0.4 is 5.56 Å². The fourth-order valence-corrected chi connectivity index (χ4v) is 6.38. The Morgan fingerprint density at radius 1 is 0.955 bits per heavy atom. The third-order valence-corrected chi connectivity index (χ3v) is 8.89. The largest absolute Gasteiger partial charge is 0.508 e. The van der Waals surface area contributed by atoms with E-state index >= 15 is 4.39 Å². The van der Waals surface area contributed by atoms with Gasteiger partial charge in [0.25, 0.3) is 5.56 Å². The van der Waals surface area contributed by atoms with Crippen molar-refractivity contribution in [3.05, 3.63) is 130 Å². The van der Waals surface area contributed by atoms with Crippen LogP contribution in [0.5, 0.6) is 5.75 Å². The fourth-order valence-electron chi connectivity index (χ4n) is 6.38. The summed E-state index contributed by atoms with van der Waals surface area (Å²) >= 11 is 0. The number of aromatic nitrogens is 3. The molecule has 1 fully saturated rings. The zero-order valence-corrected chi connectivity index (χ0v) is 24.1. The number of phenols is 1. The molecule has 1 aliphatic rings. The molecule has 4 aromatic carbocycles. The Morgan fingerprint density at radius 3 is 2.45 bits per heavy atom. The fraction of sp³-hybridized carbons (Fsp3) is 0.200. The first kappa shape index (κ1) is 28.0. The molecule has 2 radical (unpaired) electrons. The number of likely N-dealkylation sites (tertiary alicyclic amines) is 1. The molecule has 1 aliphatic heterocycles. The third kappa shape index (κ3) is 4.68. The summed E-state index contributed by atoms with van der Waals surface area (Å²) in [5.74, 6) is -1.15. The summed E-state index contributed by atoms with van der Waals surface area (Å²) in [6.07, 6.45) is 3.64. The number of phenolic OH excluding ortho intramolecular Hbond substituents is 1. The van der Waals surface area contributed by atoms with Gasteiger partial charge >= 0.3 is 0 Å². The van der Waals surface area contributed by atoms with Gasteiger partial charge in [0.1, 0.15) is 31.1 Å². The Labute approximate surface area is 254 Å². The van der Waals surface area contributed by atoms with E-state index in [1.807, 2.05) is 12.1 Å². The Kier molecular flexibility index (Phi) is 6.85. The number of hydrogen-bond donors (Lipinski definition) is 2. The molecule has 3 heterocycles. The molecule has 6 nitrogen and oxygen atoms in total. The quantitative estimate of drug-likeness (QED) is 0.234. The van der Waals surface area contributed by atoms with E-state index in [9.17, 15) is 14.3 Å². The highest BCUT2D eigenvalue weighted by Crippen LogP contribution is 2.37. The molecule has 2 aromatic heterocycles. The number of benzene rings is 4. The molecule has 9 heteroatoms. The normalized spacial score (nSPS) is 16.0. The number of nitrogens with one attached hydrogen (secondary N) is 1. The molecular formula is C35H29BF2N4O2. The van der Waals surface area contributed by atoms with Gasteiger partial charge in [-0.05, 0) is 110 Å². The topological polar surface area (TPSA) is 74.2 Å². The summed E-state index contributed by atoms with van der Waals surface area (Å²) < 4.78 is 31.5. The minimum absolute atomic E-state index is 0.0720. The lowest BCUT2D eigenvalue weighted by Gasteiger charge is -2.32. The van der Waals surface area contributed by atoms with E-state index in [0.29, 0.717) is 27.9 Å². The number of H-pyrrole nitrogens is 1. The number of imidazole rings is 1. The van der Waals surface area contributed by atoms with E-state index in [0.717, 1.165) is 54.3 Å². The van der Waals surface area contributed by atoms with Gasteiger partial charge in [0.2, 0.25) is 0 Å². The molecule has 0 saturated carbocycles. The summed E-state index contributed by atoms with van der Waals surface area (Å²) in [6, 6.07) is 23.3. The number of hydrogen-bond acceptors (Lipinski definition) is 4. The summed E-state index contributed by atoms with van der Waals surface area (Å²) in [7, 11) is 9.10. The standard InChI is InChI=1S/C35H29BF2N4O2/c1-41-15-12-23(13-16-41)21-6-8-22(9-7-21)25-18-24-14-17-42(33(44)32(24)28(38)19-25)35(36,27-20-26(37)10-11-31(27)43)34-39-29-4-2-3-5-30(29)40-34/h2-11,14,17-20,23,43H,12-13,15-16H2,1H3,(H,39,40). The molecule has 1 saturated heterocycles. The lowest BCUT2D eigenvalue weighted by molar-refractivity contribution is 0.255. The summed E-state index contributed by atoms with van der Waals surface area (Å²) in [4.78, 5) is 24.1. The first-order valence-electron chi connectivity index (χ1n) is 14.6. The van der Waals surface area contributed by atoms with Gasteiger partial charge in [0.05, 0.1) is 21.9 Å². The lowest BCUT2D eigenvalue weighted by Crippen LogP contribution is -2.44. The van der Waals surface area contributed by atoms with Gasteiger partial charge in [-0.3, -0.25) is 4.79 Å². The number of halogens is 2. The summed E-state index contributed by atoms with van der Waals surface area (Å²) in [5.41, 5.74) is 1.06. The molecule has 1 atom stereocenters. The van der Waals surface area contributed by atoms with Crippen LogP contribution in [0, 0.1) is 11.6 Å². The predicted octanol–water partition coefficient (Wildman–Crippen LogP) is 6.26. The zero-order chi connectivity index (χ0) is 30.6. The van der Waals surface area contributed by atoms with Crippen molar-refractivity contribution in [1.29, 1.82) is 0 Å². The van der Waals surface area contributed by atoms with Gasteiger partial charge in [-0.15, -0.1) is 0 Å². The zero-order valence-electron chi connectivity index (χ0n) is 24.1. The second-order valence-corrected chi connectivity index (χ2v) is 11.6. The smallest absolute Gasteiger partial charge is 0.261 e. The van der Waals surface area contributed by atoms with Crippen molar-refractivity contribution in [1.82, 2.24) is 19.4 Å². The second kappa shape index (κ2) is 10.8. The van der Waals surface area contributed by atoms with Crippen LogP contribution in [0.4, 0.5) is 8.78 Å². The van der Waals surface area contributed by atoms with Crippen molar-refractivity contribution in [2.24, 2.45) is 0 Å². The average Bonchev–Trinajstić information content (AvgIpc) is 3.47. The van der Waals surface area contributed by atoms with Crippen LogP contribution in [0.2, 0.25) is 0 Å². The van der Waals surface area contributed by atoms with Crippen LogP contribution in [0.15, 0.2) is 95.9 Å². The van der Waals surface area contributed by atoms with Crippen LogP contribution in [-0.4, -0.2) is 52.5 Å². The van der Waals surface area contributed by atoms with Crippen LogP contribution in [0.25, 0.3) is 32.9 Å². The number of fused-ring (bicyclic) bond motifs is 2. The van der Waals surface area contributed by atoms with E-state index in [1.165, 1.54) is 17.8 Å². The molecule has 0 bridgehead atoms. The summed E-state index contributed by atoms with van der Waals surface area (Å²) in [5, 5.41) is 11.0. The van der Waals surface area contributed by atoms with Gasteiger partial charge in [0, 0.05) is 11.8 Å². The highest BCUT2D eigenvalue weighted by atomic mass is 19.1. The first-order chi connectivity index (χ1) is 21.2. The lowest BCUT2D eigenvalue weighted by atomic mass is 9.70. The number of nitrogens with zero attached hydrogens (tertiary/aromatic N) is 3. The number of aromatic amines is 1. The molecule has 0 aliphatic carbocycles. The Morgan fingerprint density at radius 2 is 1.70 bits per heavy atom. The Balaban J connectivity index is 1.34. The van der Waals surface area contributed by atoms with Crippen LogP contribution in [-0.2, 0) is 5.44 Å². The monoisotopic (exact) mass is 586 g/mol. The minimum Gasteiger partial charge on any atom is -0.508 e. The number of aromatic hydroxyl groups is 1. The van der Waals surface area contributed by atoms with E-state index in [2.05, 4.69) is 34.0 Å². The van der Waals surface area contributed by atoms with Crippen molar-refractivity contribution in [3.63, 3.8) is 0 Å². The van der Waals surface area contributed by atoms with E-state index in [-0.39, 0.29) is 22.5 Å². The maximum atomic E-state index is 15.9. The maximum absolute atomic E-state index is 15.9. The minimum atomic E-state index is -2.01. The van der Waals surface area contributed by atoms with Gasteiger partial charge in [-0.25, -0.2) is 13.8 Å². The van der Waals surface area contributed by atoms with Gasteiger partial charge in [-0.2, -0.15) is 0 Å². The van der Waals surface area contributed by atoms with Crippen molar-refractivity contribution in [2.75, 3.05) is 20.1 Å². The van der Waals surface area contributed by atoms with Gasteiger partial charge in [0.15, 0.2) is 0 Å². The summed E-state index contributed by atoms with van der Waals surface area (Å²) in [6.45, 7) is 2.14. The highest BCUT2D eigenvalue weighted by molar-refractivity contribution is 6.18. The molecular weight excluding hydrogens is 557 g/mol. The first-order valence-corrected chi connectivity index (χ1v) is 14.6. The molecule has 6 aromatic rings. The van der Waals surface area contributed by atoms with Gasteiger partial charge in [-0.1, -0.05) is 36.4 Å². The highest BCUT2D eigenvalue weighted by Gasteiger charge is 2.38.